The van der Waals surface area contributed by atoms with Gasteiger partial charge < -0.3 is 5.32 Å². The van der Waals surface area contributed by atoms with Gasteiger partial charge in [-0.3, -0.25) is 19.4 Å². The molecule has 2 rings (SSSR count). The fourth-order valence-corrected chi connectivity index (χ4v) is 3.59. The van der Waals surface area contributed by atoms with Crippen molar-refractivity contribution in [2.45, 2.75) is 52.1 Å². The molecule has 0 aromatic carbocycles. The van der Waals surface area contributed by atoms with Crippen LogP contribution in [0.4, 0.5) is 0 Å². The van der Waals surface area contributed by atoms with Crippen LogP contribution in [0.1, 0.15) is 40.0 Å². The second kappa shape index (κ2) is 7.36. The highest BCUT2D eigenvalue weighted by Crippen LogP contribution is 2.21. The van der Waals surface area contributed by atoms with E-state index in [4.69, 9.17) is 0 Å². The molecule has 0 bridgehead atoms. The van der Waals surface area contributed by atoms with E-state index in [1.54, 1.807) is 6.92 Å². The van der Waals surface area contributed by atoms with Crippen molar-refractivity contribution >= 4 is 11.7 Å². The molecular formula is C16H29N3O2. The predicted octanol–water partition coefficient (Wildman–Crippen LogP) is 0.886. The standard InChI is InChI=1S/C16H29N3O2/c1-12(2)16(13(3)20)17-15(21)11-18-7-5-9-19-8-4-6-14(19)10-18/h12,14,16H,4-11H2,1-3H3,(H,17,21). The molecule has 5 nitrogen and oxygen atoms in total. The van der Waals surface area contributed by atoms with Crippen LogP contribution in [0.25, 0.3) is 0 Å². The molecule has 2 atom stereocenters. The highest BCUT2D eigenvalue weighted by atomic mass is 16.2. The number of fused-ring (bicyclic) bond motifs is 1. The first-order valence-electron chi connectivity index (χ1n) is 8.23. The Labute approximate surface area is 128 Å². The third-order valence-electron chi connectivity index (χ3n) is 4.68. The summed E-state index contributed by atoms with van der Waals surface area (Å²) in [6.45, 7) is 10.2. The molecule has 2 aliphatic heterocycles. The summed E-state index contributed by atoms with van der Waals surface area (Å²) in [5.74, 6) is 0.160. The van der Waals surface area contributed by atoms with E-state index in [9.17, 15) is 9.59 Å². The van der Waals surface area contributed by atoms with E-state index in [1.165, 1.54) is 19.4 Å². The third-order valence-corrected chi connectivity index (χ3v) is 4.68. The zero-order valence-electron chi connectivity index (χ0n) is 13.6. The van der Waals surface area contributed by atoms with Crippen molar-refractivity contribution in [1.29, 1.82) is 0 Å². The number of nitrogens with one attached hydrogen (secondary N) is 1. The van der Waals surface area contributed by atoms with E-state index in [0.29, 0.717) is 12.6 Å². The number of Topliss-reactive ketones (excluding diaryl/α,β-unsaturated/α-hetero) is 1. The predicted molar refractivity (Wildman–Crippen MR) is 83.1 cm³/mol. The largest absolute Gasteiger partial charge is 0.345 e. The number of carbonyl (C=O) groups is 2. The van der Waals surface area contributed by atoms with Crippen LogP contribution in [0.5, 0.6) is 0 Å². The second-order valence-corrected chi connectivity index (χ2v) is 6.82. The number of ketones is 1. The molecule has 0 aliphatic carbocycles. The molecule has 21 heavy (non-hydrogen) atoms. The van der Waals surface area contributed by atoms with Crippen LogP contribution in [0.2, 0.25) is 0 Å². The van der Waals surface area contributed by atoms with Gasteiger partial charge in [0, 0.05) is 12.6 Å². The number of carbonyl (C=O) groups excluding carboxylic acids is 2. The highest BCUT2D eigenvalue weighted by Gasteiger charge is 2.29. The van der Waals surface area contributed by atoms with Gasteiger partial charge in [-0.15, -0.1) is 0 Å². The lowest BCUT2D eigenvalue weighted by Crippen LogP contribution is -2.48. The van der Waals surface area contributed by atoms with Crippen LogP contribution in [0.3, 0.4) is 0 Å². The number of hydrogen-bond donors (Lipinski definition) is 1. The Bertz CT molecular complexity index is 384. The Hall–Kier alpha value is -0.940. The molecule has 2 aliphatic rings. The van der Waals surface area contributed by atoms with Gasteiger partial charge in [0.2, 0.25) is 5.91 Å². The Morgan fingerprint density at radius 2 is 1.90 bits per heavy atom. The molecular weight excluding hydrogens is 266 g/mol. The van der Waals surface area contributed by atoms with Crippen LogP contribution in [0.15, 0.2) is 0 Å². The fourth-order valence-electron chi connectivity index (χ4n) is 3.59. The van der Waals surface area contributed by atoms with Crippen LogP contribution < -0.4 is 5.32 Å². The Morgan fingerprint density at radius 3 is 2.57 bits per heavy atom. The molecule has 0 aromatic rings. The van der Waals surface area contributed by atoms with Gasteiger partial charge in [-0.2, -0.15) is 0 Å². The van der Waals surface area contributed by atoms with Crippen molar-refractivity contribution in [2.24, 2.45) is 5.92 Å². The van der Waals surface area contributed by atoms with Gasteiger partial charge in [-0.25, -0.2) is 0 Å². The Kier molecular flexibility index (Phi) is 5.76. The monoisotopic (exact) mass is 295 g/mol. The number of rotatable bonds is 5. The molecule has 0 saturated carbocycles. The maximum Gasteiger partial charge on any atom is 0.234 e. The van der Waals surface area contributed by atoms with Gasteiger partial charge in [0.1, 0.15) is 0 Å². The first-order chi connectivity index (χ1) is 9.97. The van der Waals surface area contributed by atoms with Crippen LogP contribution in [0, 0.1) is 5.92 Å². The van der Waals surface area contributed by atoms with Gasteiger partial charge in [0.05, 0.1) is 12.6 Å². The molecule has 120 valence electrons. The summed E-state index contributed by atoms with van der Waals surface area (Å²) in [5.41, 5.74) is 0. The van der Waals surface area contributed by atoms with Crippen molar-refractivity contribution in [2.75, 3.05) is 32.7 Å². The zero-order valence-corrected chi connectivity index (χ0v) is 13.6. The molecule has 1 amide bonds. The summed E-state index contributed by atoms with van der Waals surface area (Å²) < 4.78 is 0. The van der Waals surface area contributed by atoms with Crippen molar-refractivity contribution in [3.05, 3.63) is 0 Å². The minimum atomic E-state index is -0.354. The zero-order chi connectivity index (χ0) is 15.4. The van der Waals surface area contributed by atoms with Crippen molar-refractivity contribution < 1.29 is 9.59 Å². The topological polar surface area (TPSA) is 52.7 Å². The molecule has 5 heteroatoms. The van der Waals surface area contributed by atoms with Crippen molar-refractivity contribution in [3.8, 4) is 0 Å². The minimum absolute atomic E-state index is 0.0182. The summed E-state index contributed by atoms with van der Waals surface area (Å²) in [7, 11) is 0. The molecule has 0 spiro atoms. The smallest absolute Gasteiger partial charge is 0.234 e. The van der Waals surface area contributed by atoms with Gasteiger partial charge in [-0.1, -0.05) is 13.8 Å². The fraction of sp³-hybridized carbons (Fsp3) is 0.875. The van der Waals surface area contributed by atoms with E-state index in [2.05, 4.69) is 15.1 Å². The van der Waals surface area contributed by atoms with Gasteiger partial charge >= 0.3 is 0 Å². The van der Waals surface area contributed by atoms with E-state index in [1.807, 2.05) is 13.8 Å². The first kappa shape index (κ1) is 16.4. The molecule has 2 fully saturated rings. The van der Waals surface area contributed by atoms with E-state index >= 15 is 0 Å². The van der Waals surface area contributed by atoms with Crippen molar-refractivity contribution in [1.82, 2.24) is 15.1 Å². The Morgan fingerprint density at radius 1 is 1.19 bits per heavy atom. The lowest BCUT2D eigenvalue weighted by Gasteiger charge is -2.26. The maximum absolute atomic E-state index is 12.2. The molecule has 1 N–H and O–H groups in total. The summed E-state index contributed by atoms with van der Waals surface area (Å²) >= 11 is 0. The number of hydrogen-bond acceptors (Lipinski definition) is 4. The molecule has 2 heterocycles. The SMILES string of the molecule is CC(=O)C(NC(=O)CN1CCCN2CCCC2C1)C(C)C. The Balaban J connectivity index is 1.85. The molecule has 0 radical (unpaired) electrons. The van der Waals surface area contributed by atoms with E-state index in [0.717, 1.165) is 26.1 Å². The lowest BCUT2D eigenvalue weighted by molar-refractivity contribution is -0.128. The van der Waals surface area contributed by atoms with Crippen LogP contribution >= 0.6 is 0 Å². The molecule has 2 unspecified atom stereocenters. The third kappa shape index (κ3) is 4.51. The first-order valence-corrected chi connectivity index (χ1v) is 8.23. The highest BCUT2D eigenvalue weighted by molar-refractivity contribution is 5.88. The normalized spacial score (nSPS) is 25.4. The second-order valence-electron chi connectivity index (χ2n) is 6.82. The number of amides is 1. The van der Waals surface area contributed by atoms with E-state index < -0.39 is 0 Å². The van der Waals surface area contributed by atoms with Gasteiger partial charge in [-0.05, 0) is 51.7 Å². The molecule has 0 aromatic heterocycles. The molecule has 2 saturated heterocycles. The summed E-state index contributed by atoms with van der Waals surface area (Å²) in [6, 6.07) is 0.265. The average molecular weight is 295 g/mol. The van der Waals surface area contributed by atoms with E-state index in [-0.39, 0.29) is 23.7 Å². The minimum Gasteiger partial charge on any atom is -0.345 e. The quantitative estimate of drug-likeness (QED) is 0.818. The summed E-state index contributed by atoms with van der Waals surface area (Å²) in [5, 5.41) is 2.90. The van der Waals surface area contributed by atoms with Gasteiger partial charge in [0.25, 0.3) is 0 Å². The lowest BCUT2D eigenvalue weighted by atomic mass is 10.0. The summed E-state index contributed by atoms with van der Waals surface area (Å²) in [4.78, 5) is 28.6. The number of nitrogens with zero attached hydrogens (tertiary/aromatic N) is 2. The van der Waals surface area contributed by atoms with Crippen molar-refractivity contribution in [3.63, 3.8) is 0 Å². The van der Waals surface area contributed by atoms with Crippen LogP contribution in [-0.2, 0) is 9.59 Å². The van der Waals surface area contributed by atoms with Crippen LogP contribution in [-0.4, -0.2) is 66.3 Å². The maximum atomic E-state index is 12.2. The average Bonchev–Trinajstić information content (AvgIpc) is 2.74. The van der Waals surface area contributed by atoms with Gasteiger partial charge in [0.15, 0.2) is 5.78 Å². The summed E-state index contributed by atoms with van der Waals surface area (Å²) in [6.07, 6.45) is 3.66.